The quantitative estimate of drug-likeness (QED) is 0.747. The van der Waals surface area contributed by atoms with Crippen LogP contribution in [0.5, 0.6) is 0 Å². The zero-order valence-electron chi connectivity index (χ0n) is 15.2. The monoisotopic (exact) mass is 351 g/mol. The molecule has 2 aromatic heterocycles. The van der Waals surface area contributed by atoms with Gasteiger partial charge in [-0.3, -0.25) is 9.78 Å². The smallest absolute Gasteiger partial charge is 0.270 e. The minimum absolute atomic E-state index is 0.203. The first-order valence-electron chi connectivity index (χ1n) is 9.15. The zero-order chi connectivity index (χ0) is 18.2. The van der Waals surface area contributed by atoms with E-state index in [-0.39, 0.29) is 5.91 Å². The second kappa shape index (κ2) is 9.08. The van der Waals surface area contributed by atoms with Crippen LogP contribution in [0.4, 0.5) is 5.82 Å². The van der Waals surface area contributed by atoms with Crippen molar-refractivity contribution in [3.8, 4) is 0 Å². The molecule has 1 amide bonds. The molecular weight excluding hydrogens is 326 g/mol. The summed E-state index contributed by atoms with van der Waals surface area (Å²) in [5.74, 6) is 1.08. The molecule has 2 aromatic rings. The molecule has 0 aromatic carbocycles. The SMILES string of the molecule is Cc1nc(NCCC2=CCCCC2)cc(C(=O)NCc2ccncc2)n1. The summed E-state index contributed by atoms with van der Waals surface area (Å²) in [6.45, 7) is 3.07. The van der Waals surface area contributed by atoms with E-state index >= 15 is 0 Å². The third-order valence-electron chi connectivity index (χ3n) is 4.41. The summed E-state index contributed by atoms with van der Waals surface area (Å²) in [6.07, 6.45) is 11.8. The molecule has 0 spiro atoms. The lowest BCUT2D eigenvalue weighted by atomic mass is 9.97. The summed E-state index contributed by atoms with van der Waals surface area (Å²) < 4.78 is 0. The highest BCUT2D eigenvalue weighted by atomic mass is 16.1. The van der Waals surface area contributed by atoms with Gasteiger partial charge in [0.25, 0.3) is 5.91 Å². The molecule has 0 radical (unpaired) electrons. The summed E-state index contributed by atoms with van der Waals surface area (Å²) in [5, 5.41) is 6.21. The highest BCUT2D eigenvalue weighted by molar-refractivity contribution is 5.92. The molecule has 0 bridgehead atoms. The summed E-state index contributed by atoms with van der Waals surface area (Å²) in [5.41, 5.74) is 2.90. The average molecular weight is 351 g/mol. The fraction of sp³-hybridized carbons (Fsp3) is 0.400. The van der Waals surface area contributed by atoms with E-state index in [1.54, 1.807) is 25.4 Å². The molecule has 0 unspecified atom stereocenters. The Labute approximate surface area is 154 Å². The van der Waals surface area contributed by atoms with Crippen molar-refractivity contribution >= 4 is 11.7 Å². The molecule has 136 valence electrons. The third-order valence-corrected chi connectivity index (χ3v) is 4.41. The number of pyridine rings is 1. The van der Waals surface area contributed by atoms with Crippen molar-refractivity contribution in [1.82, 2.24) is 20.3 Å². The number of hydrogen-bond donors (Lipinski definition) is 2. The number of carbonyl (C=O) groups is 1. The Hall–Kier alpha value is -2.76. The normalized spacial score (nSPS) is 13.8. The first kappa shape index (κ1) is 18.0. The first-order chi connectivity index (χ1) is 12.7. The van der Waals surface area contributed by atoms with E-state index in [9.17, 15) is 4.79 Å². The van der Waals surface area contributed by atoms with Gasteiger partial charge in [0.1, 0.15) is 17.3 Å². The van der Waals surface area contributed by atoms with Crippen LogP contribution in [0.3, 0.4) is 0 Å². The van der Waals surface area contributed by atoms with Gasteiger partial charge >= 0.3 is 0 Å². The number of amides is 1. The predicted molar refractivity (Wildman–Crippen MR) is 102 cm³/mol. The molecule has 3 rings (SSSR count). The largest absolute Gasteiger partial charge is 0.370 e. The van der Waals surface area contributed by atoms with Crippen LogP contribution in [0.15, 0.2) is 42.2 Å². The number of anilines is 1. The number of allylic oxidation sites excluding steroid dienone is 1. The molecule has 0 fully saturated rings. The van der Waals surface area contributed by atoms with Crippen molar-refractivity contribution in [3.05, 3.63) is 59.3 Å². The summed E-state index contributed by atoms with van der Waals surface area (Å²) in [7, 11) is 0. The van der Waals surface area contributed by atoms with Crippen molar-refractivity contribution in [1.29, 1.82) is 0 Å². The molecule has 1 aliphatic carbocycles. The molecule has 6 nitrogen and oxygen atoms in total. The van der Waals surface area contributed by atoms with Crippen LogP contribution in [0.25, 0.3) is 0 Å². The third kappa shape index (κ3) is 5.37. The highest BCUT2D eigenvalue weighted by Gasteiger charge is 2.11. The van der Waals surface area contributed by atoms with E-state index in [4.69, 9.17) is 0 Å². The second-order valence-corrected chi connectivity index (χ2v) is 6.51. The van der Waals surface area contributed by atoms with Crippen LogP contribution < -0.4 is 10.6 Å². The van der Waals surface area contributed by atoms with Gasteiger partial charge in [0.2, 0.25) is 0 Å². The van der Waals surface area contributed by atoms with Crippen LogP contribution in [-0.4, -0.2) is 27.4 Å². The predicted octanol–water partition coefficient (Wildman–Crippen LogP) is 3.41. The standard InChI is InChI=1S/C20H25N5O/c1-15-24-18(20(26)23-14-17-7-10-21-11-8-17)13-19(25-15)22-12-9-16-5-3-2-4-6-16/h5,7-8,10-11,13H,2-4,6,9,12,14H2,1H3,(H,23,26)(H,22,24,25). The van der Waals surface area contributed by atoms with Gasteiger partial charge < -0.3 is 10.6 Å². The van der Waals surface area contributed by atoms with Crippen LogP contribution in [-0.2, 0) is 6.54 Å². The van der Waals surface area contributed by atoms with Crippen molar-refractivity contribution < 1.29 is 4.79 Å². The molecule has 2 N–H and O–H groups in total. The molecule has 1 aliphatic rings. The van der Waals surface area contributed by atoms with Gasteiger partial charge in [-0.05, 0) is 56.7 Å². The van der Waals surface area contributed by atoms with Gasteiger partial charge in [0.15, 0.2) is 0 Å². The molecule has 0 saturated carbocycles. The average Bonchev–Trinajstić information content (AvgIpc) is 2.67. The minimum Gasteiger partial charge on any atom is -0.370 e. The topological polar surface area (TPSA) is 79.8 Å². The number of carbonyl (C=O) groups excluding carboxylic acids is 1. The van der Waals surface area contributed by atoms with E-state index in [2.05, 4.69) is 31.7 Å². The van der Waals surface area contributed by atoms with Crippen molar-refractivity contribution in [2.24, 2.45) is 0 Å². The molecule has 0 atom stereocenters. The van der Waals surface area contributed by atoms with Gasteiger partial charge in [0.05, 0.1) is 0 Å². The number of rotatable bonds is 7. The van der Waals surface area contributed by atoms with Gasteiger partial charge in [-0.2, -0.15) is 0 Å². The van der Waals surface area contributed by atoms with E-state index < -0.39 is 0 Å². The first-order valence-corrected chi connectivity index (χ1v) is 9.15. The summed E-state index contributed by atoms with van der Waals surface area (Å²) in [6, 6.07) is 5.46. The van der Waals surface area contributed by atoms with Crippen molar-refractivity contribution in [2.75, 3.05) is 11.9 Å². The Morgan fingerprint density at radius 3 is 2.81 bits per heavy atom. The fourth-order valence-electron chi connectivity index (χ4n) is 3.03. The van der Waals surface area contributed by atoms with Crippen molar-refractivity contribution in [3.63, 3.8) is 0 Å². The maximum atomic E-state index is 12.4. The maximum Gasteiger partial charge on any atom is 0.270 e. The number of aryl methyl sites for hydroxylation is 1. The van der Waals surface area contributed by atoms with Gasteiger partial charge in [-0.1, -0.05) is 11.6 Å². The summed E-state index contributed by atoms with van der Waals surface area (Å²) in [4.78, 5) is 25.0. The lowest BCUT2D eigenvalue weighted by molar-refractivity contribution is 0.0945. The van der Waals surface area contributed by atoms with Gasteiger partial charge in [-0.15, -0.1) is 0 Å². The summed E-state index contributed by atoms with van der Waals surface area (Å²) >= 11 is 0. The van der Waals surface area contributed by atoms with Crippen LogP contribution in [0.1, 0.15) is 54.0 Å². The van der Waals surface area contributed by atoms with Crippen molar-refractivity contribution in [2.45, 2.75) is 45.6 Å². The Morgan fingerprint density at radius 1 is 1.19 bits per heavy atom. The van der Waals surface area contributed by atoms with Crippen LogP contribution >= 0.6 is 0 Å². The Balaban J connectivity index is 1.56. The van der Waals surface area contributed by atoms with E-state index in [0.717, 1.165) is 18.5 Å². The Bertz CT molecular complexity index is 773. The Morgan fingerprint density at radius 2 is 2.04 bits per heavy atom. The fourth-order valence-corrected chi connectivity index (χ4v) is 3.03. The number of nitrogens with one attached hydrogen (secondary N) is 2. The number of aromatic nitrogens is 3. The molecule has 26 heavy (non-hydrogen) atoms. The van der Waals surface area contributed by atoms with E-state index in [1.807, 2.05) is 12.1 Å². The number of hydrogen-bond acceptors (Lipinski definition) is 5. The zero-order valence-corrected chi connectivity index (χ0v) is 15.2. The van der Waals surface area contributed by atoms with Gasteiger partial charge in [-0.25, -0.2) is 9.97 Å². The van der Waals surface area contributed by atoms with Crippen LogP contribution in [0, 0.1) is 6.92 Å². The molecular formula is C20H25N5O. The minimum atomic E-state index is -0.203. The Kier molecular flexibility index (Phi) is 6.30. The molecule has 0 aliphatic heterocycles. The lowest BCUT2D eigenvalue weighted by Gasteiger charge is -2.13. The molecule has 6 heteroatoms. The van der Waals surface area contributed by atoms with Crippen LogP contribution in [0.2, 0.25) is 0 Å². The lowest BCUT2D eigenvalue weighted by Crippen LogP contribution is -2.24. The molecule has 0 saturated heterocycles. The highest BCUT2D eigenvalue weighted by Crippen LogP contribution is 2.20. The maximum absolute atomic E-state index is 12.4. The van der Waals surface area contributed by atoms with Gasteiger partial charge in [0, 0.05) is 31.5 Å². The van der Waals surface area contributed by atoms with E-state index in [1.165, 1.54) is 31.3 Å². The number of nitrogens with zero attached hydrogens (tertiary/aromatic N) is 3. The second-order valence-electron chi connectivity index (χ2n) is 6.51. The molecule has 2 heterocycles. The van der Waals surface area contributed by atoms with E-state index in [0.29, 0.717) is 23.9 Å².